The Hall–Kier alpha value is -2.79. The molecule has 136 valence electrons. The highest BCUT2D eigenvalue weighted by atomic mass is 19.1. The van der Waals surface area contributed by atoms with Crippen molar-refractivity contribution in [2.45, 2.75) is 0 Å². The molecule has 3 heterocycles. The molecular formula is C22H20FN3O. The van der Waals surface area contributed by atoms with Crippen molar-refractivity contribution in [1.29, 1.82) is 0 Å². The number of fused-ring (bicyclic) bond motifs is 2. The normalized spacial score (nSPS) is 21.6. The molecule has 0 spiro atoms. The molecule has 2 aliphatic heterocycles. The molecule has 1 N–H and O–H groups in total. The number of nitrogens with one attached hydrogen (secondary N) is 1. The molecule has 2 saturated heterocycles. The molecule has 1 aromatic heterocycles. The fourth-order valence-electron chi connectivity index (χ4n) is 4.33. The molecule has 2 aliphatic rings. The van der Waals surface area contributed by atoms with Gasteiger partial charge in [-0.05, 0) is 30.0 Å². The summed E-state index contributed by atoms with van der Waals surface area (Å²) >= 11 is 0. The third-order valence-electron chi connectivity index (χ3n) is 5.75. The molecule has 5 rings (SSSR count). The Labute approximate surface area is 157 Å². The minimum Gasteiger partial charge on any atom is -0.338 e. The largest absolute Gasteiger partial charge is 0.338 e. The van der Waals surface area contributed by atoms with E-state index in [9.17, 15) is 9.18 Å². The van der Waals surface area contributed by atoms with Crippen molar-refractivity contribution in [3.63, 3.8) is 0 Å². The van der Waals surface area contributed by atoms with E-state index in [0.29, 0.717) is 34.0 Å². The number of benzene rings is 2. The number of carbonyl (C=O) groups excluding carboxylic acids is 1. The zero-order valence-corrected chi connectivity index (χ0v) is 14.9. The van der Waals surface area contributed by atoms with E-state index < -0.39 is 0 Å². The minimum atomic E-state index is -0.347. The van der Waals surface area contributed by atoms with Gasteiger partial charge in [0.25, 0.3) is 5.91 Å². The van der Waals surface area contributed by atoms with Crippen LogP contribution in [0.25, 0.3) is 22.2 Å². The third-order valence-corrected chi connectivity index (χ3v) is 5.75. The van der Waals surface area contributed by atoms with Crippen LogP contribution in [0.5, 0.6) is 0 Å². The van der Waals surface area contributed by atoms with Crippen LogP contribution >= 0.6 is 0 Å². The fraction of sp³-hybridized carbons (Fsp3) is 0.273. The highest BCUT2D eigenvalue weighted by molar-refractivity contribution is 6.07. The Morgan fingerprint density at radius 1 is 1.04 bits per heavy atom. The van der Waals surface area contributed by atoms with Crippen molar-refractivity contribution >= 4 is 16.8 Å². The van der Waals surface area contributed by atoms with E-state index in [2.05, 4.69) is 10.3 Å². The average molecular weight is 361 g/mol. The van der Waals surface area contributed by atoms with Crippen LogP contribution in [0.15, 0.2) is 54.6 Å². The van der Waals surface area contributed by atoms with Crippen molar-refractivity contribution in [2.75, 3.05) is 26.2 Å². The quantitative estimate of drug-likeness (QED) is 0.762. The van der Waals surface area contributed by atoms with Crippen LogP contribution in [-0.4, -0.2) is 42.0 Å². The Bertz CT molecular complexity index is 1010. The van der Waals surface area contributed by atoms with Crippen molar-refractivity contribution in [3.8, 4) is 11.3 Å². The van der Waals surface area contributed by atoms with E-state index in [1.165, 1.54) is 12.1 Å². The number of carbonyl (C=O) groups is 1. The van der Waals surface area contributed by atoms with Gasteiger partial charge in [-0.3, -0.25) is 4.79 Å². The molecule has 4 nitrogen and oxygen atoms in total. The molecular weight excluding hydrogens is 341 g/mol. The average Bonchev–Trinajstić information content (AvgIpc) is 3.29. The van der Waals surface area contributed by atoms with Gasteiger partial charge in [0.05, 0.1) is 16.8 Å². The van der Waals surface area contributed by atoms with Crippen LogP contribution in [0, 0.1) is 17.7 Å². The fourth-order valence-corrected chi connectivity index (χ4v) is 4.33. The van der Waals surface area contributed by atoms with Gasteiger partial charge in [0.15, 0.2) is 0 Å². The Kier molecular flexibility index (Phi) is 3.90. The molecule has 2 atom stereocenters. The van der Waals surface area contributed by atoms with Crippen LogP contribution in [0.4, 0.5) is 4.39 Å². The topological polar surface area (TPSA) is 45.2 Å². The second-order valence-corrected chi connectivity index (χ2v) is 7.47. The lowest BCUT2D eigenvalue weighted by Gasteiger charge is -2.19. The number of hydrogen-bond donors (Lipinski definition) is 1. The Balaban J connectivity index is 1.61. The highest BCUT2D eigenvalue weighted by Gasteiger charge is 2.38. The van der Waals surface area contributed by atoms with Crippen molar-refractivity contribution in [2.24, 2.45) is 11.8 Å². The van der Waals surface area contributed by atoms with E-state index >= 15 is 0 Å². The summed E-state index contributed by atoms with van der Waals surface area (Å²) in [6.07, 6.45) is 0. The number of aromatic nitrogens is 1. The van der Waals surface area contributed by atoms with Gasteiger partial charge in [0.1, 0.15) is 5.82 Å². The first-order valence-corrected chi connectivity index (χ1v) is 9.35. The summed E-state index contributed by atoms with van der Waals surface area (Å²) in [5.74, 6) is 0.738. The summed E-state index contributed by atoms with van der Waals surface area (Å²) in [5.41, 5.74) is 2.73. The van der Waals surface area contributed by atoms with Crippen molar-refractivity contribution in [3.05, 3.63) is 66.0 Å². The summed E-state index contributed by atoms with van der Waals surface area (Å²) in [6, 6.07) is 16.0. The predicted molar refractivity (Wildman–Crippen MR) is 103 cm³/mol. The van der Waals surface area contributed by atoms with Gasteiger partial charge >= 0.3 is 0 Å². The van der Waals surface area contributed by atoms with Gasteiger partial charge in [0.2, 0.25) is 0 Å². The smallest absolute Gasteiger partial charge is 0.254 e. The van der Waals surface area contributed by atoms with E-state index in [1.54, 1.807) is 6.07 Å². The minimum absolute atomic E-state index is 0.0144. The lowest BCUT2D eigenvalue weighted by molar-refractivity contribution is 0.0783. The summed E-state index contributed by atoms with van der Waals surface area (Å²) in [6.45, 7) is 3.52. The van der Waals surface area contributed by atoms with E-state index in [0.717, 1.165) is 31.7 Å². The molecule has 0 bridgehead atoms. The number of amides is 1. The number of halogens is 1. The molecule has 2 fully saturated rings. The lowest BCUT2D eigenvalue weighted by Crippen LogP contribution is -2.32. The Morgan fingerprint density at radius 2 is 1.78 bits per heavy atom. The van der Waals surface area contributed by atoms with Crippen molar-refractivity contribution in [1.82, 2.24) is 15.2 Å². The summed E-state index contributed by atoms with van der Waals surface area (Å²) in [4.78, 5) is 19.9. The SMILES string of the molecule is O=C(c1cc(-c2ccccc2)nc2cc(F)ccc12)N1C[C@H]2CNC[C@H]2C1. The molecule has 0 saturated carbocycles. The van der Waals surface area contributed by atoms with Crippen LogP contribution in [0.3, 0.4) is 0 Å². The molecule has 5 heteroatoms. The van der Waals surface area contributed by atoms with Crippen LogP contribution < -0.4 is 5.32 Å². The Morgan fingerprint density at radius 3 is 2.52 bits per heavy atom. The van der Waals surface area contributed by atoms with Gasteiger partial charge in [-0.2, -0.15) is 0 Å². The molecule has 1 amide bonds. The maximum atomic E-state index is 13.8. The predicted octanol–water partition coefficient (Wildman–Crippen LogP) is 3.33. The van der Waals surface area contributed by atoms with Crippen LogP contribution in [0.1, 0.15) is 10.4 Å². The van der Waals surface area contributed by atoms with Gasteiger partial charge in [-0.1, -0.05) is 30.3 Å². The number of hydrogen-bond acceptors (Lipinski definition) is 3. The van der Waals surface area contributed by atoms with Crippen LogP contribution in [0.2, 0.25) is 0 Å². The van der Waals surface area contributed by atoms with E-state index in [-0.39, 0.29) is 11.7 Å². The standard InChI is InChI=1S/C22H20FN3O/c23-17-6-7-18-19(22(27)26-12-15-10-24-11-16(15)13-26)9-20(25-21(18)8-17)14-4-2-1-3-5-14/h1-9,15-16,24H,10-13H2/t15-,16+. The number of rotatable bonds is 2. The highest BCUT2D eigenvalue weighted by Crippen LogP contribution is 2.31. The van der Waals surface area contributed by atoms with Gasteiger partial charge in [-0.15, -0.1) is 0 Å². The first-order valence-electron chi connectivity index (χ1n) is 9.35. The lowest BCUT2D eigenvalue weighted by atomic mass is 10.0. The third kappa shape index (κ3) is 2.88. The van der Waals surface area contributed by atoms with Gasteiger partial charge in [0, 0.05) is 43.2 Å². The second-order valence-electron chi connectivity index (χ2n) is 7.47. The molecule has 2 aromatic carbocycles. The summed E-state index contributed by atoms with van der Waals surface area (Å²) in [5, 5.41) is 4.11. The molecule has 0 unspecified atom stereocenters. The summed E-state index contributed by atoms with van der Waals surface area (Å²) < 4.78 is 13.8. The molecule has 0 aliphatic carbocycles. The zero-order valence-electron chi connectivity index (χ0n) is 14.9. The zero-order chi connectivity index (χ0) is 18.4. The molecule has 3 aromatic rings. The number of nitrogens with zero attached hydrogens (tertiary/aromatic N) is 2. The van der Waals surface area contributed by atoms with Crippen molar-refractivity contribution < 1.29 is 9.18 Å². The van der Waals surface area contributed by atoms with E-state index in [4.69, 9.17) is 0 Å². The van der Waals surface area contributed by atoms with Gasteiger partial charge < -0.3 is 10.2 Å². The summed E-state index contributed by atoms with van der Waals surface area (Å²) in [7, 11) is 0. The van der Waals surface area contributed by atoms with Gasteiger partial charge in [-0.25, -0.2) is 9.37 Å². The number of likely N-dealkylation sites (tertiary alicyclic amines) is 1. The molecule has 27 heavy (non-hydrogen) atoms. The first-order chi connectivity index (χ1) is 13.2. The maximum Gasteiger partial charge on any atom is 0.254 e. The monoisotopic (exact) mass is 361 g/mol. The number of pyridine rings is 1. The van der Waals surface area contributed by atoms with Crippen LogP contribution in [-0.2, 0) is 0 Å². The maximum absolute atomic E-state index is 13.8. The second kappa shape index (κ2) is 6.43. The molecule has 0 radical (unpaired) electrons. The van der Waals surface area contributed by atoms with E-state index in [1.807, 2.05) is 41.3 Å². The first kappa shape index (κ1) is 16.4.